The van der Waals surface area contributed by atoms with Crippen molar-refractivity contribution in [3.8, 4) is 0 Å². The maximum absolute atomic E-state index is 13.5. The molecule has 0 spiro atoms. The Bertz CT molecular complexity index is 427. The van der Waals surface area contributed by atoms with E-state index in [-0.39, 0.29) is 11.9 Å². The van der Waals surface area contributed by atoms with E-state index in [1.54, 1.807) is 6.07 Å². The molecule has 2 N–H and O–H groups in total. The van der Waals surface area contributed by atoms with Gasteiger partial charge in [-0.3, -0.25) is 4.90 Å². The number of benzene rings is 1. The number of rotatable bonds is 5. The summed E-state index contributed by atoms with van der Waals surface area (Å²) in [5.41, 5.74) is 7.90. The van der Waals surface area contributed by atoms with Gasteiger partial charge in [-0.1, -0.05) is 38.3 Å². The third-order valence-corrected chi connectivity index (χ3v) is 4.60. The van der Waals surface area contributed by atoms with E-state index in [1.807, 2.05) is 19.1 Å². The number of halogens is 1. The van der Waals surface area contributed by atoms with Crippen LogP contribution < -0.4 is 5.73 Å². The van der Waals surface area contributed by atoms with Gasteiger partial charge in [0.1, 0.15) is 5.82 Å². The van der Waals surface area contributed by atoms with Gasteiger partial charge in [0.05, 0.1) is 0 Å². The average molecular weight is 278 g/mol. The highest BCUT2D eigenvalue weighted by atomic mass is 19.1. The molecule has 1 saturated carbocycles. The summed E-state index contributed by atoms with van der Waals surface area (Å²) in [6.45, 7) is 5.62. The van der Waals surface area contributed by atoms with E-state index in [1.165, 1.54) is 32.1 Å². The maximum atomic E-state index is 13.5. The molecule has 2 rings (SSSR count). The minimum Gasteiger partial charge on any atom is -0.329 e. The Labute approximate surface area is 122 Å². The number of nitrogens with zero attached hydrogens (tertiary/aromatic N) is 1. The van der Waals surface area contributed by atoms with Crippen LogP contribution in [0.5, 0.6) is 0 Å². The van der Waals surface area contributed by atoms with E-state index in [0.29, 0.717) is 18.2 Å². The summed E-state index contributed by atoms with van der Waals surface area (Å²) in [4.78, 5) is 2.52. The van der Waals surface area contributed by atoms with Crippen LogP contribution in [-0.4, -0.2) is 24.0 Å². The molecule has 1 aliphatic carbocycles. The Balaban J connectivity index is 2.21. The van der Waals surface area contributed by atoms with Crippen molar-refractivity contribution in [1.29, 1.82) is 0 Å². The van der Waals surface area contributed by atoms with Gasteiger partial charge in [0.25, 0.3) is 0 Å². The predicted molar refractivity (Wildman–Crippen MR) is 82.2 cm³/mol. The Morgan fingerprint density at radius 3 is 2.55 bits per heavy atom. The van der Waals surface area contributed by atoms with Crippen LogP contribution in [0, 0.1) is 12.7 Å². The zero-order valence-corrected chi connectivity index (χ0v) is 12.7. The van der Waals surface area contributed by atoms with Gasteiger partial charge in [0.15, 0.2) is 0 Å². The minimum atomic E-state index is -0.134. The summed E-state index contributed by atoms with van der Waals surface area (Å²) in [5, 5.41) is 0. The third-order valence-electron chi connectivity index (χ3n) is 4.60. The minimum absolute atomic E-state index is 0.134. The summed E-state index contributed by atoms with van der Waals surface area (Å²) in [6, 6.07) is 6.26. The van der Waals surface area contributed by atoms with Gasteiger partial charge in [0, 0.05) is 18.6 Å². The Morgan fingerprint density at radius 2 is 2.00 bits per heavy atom. The molecule has 112 valence electrons. The van der Waals surface area contributed by atoms with Gasteiger partial charge in [-0.25, -0.2) is 4.39 Å². The largest absolute Gasteiger partial charge is 0.329 e. The van der Waals surface area contributed by atoms with E-state index in [0.717, 1.165) is 12.1 Å². The molecular formula is C17H27FN2. The monoisotopic (exact) mass is 278 g/mol. The highest BCUT2D eigenvalue weighted by molar-refractivity contribution is 5.27. The van der Waals surface area contributed by atoms with E-state index in [2.05, 4.69) is 11.8 Å². The molecule has 0 aromatic heterocycles. The summed E-state index contributed by atoms with van der Waals surface area (Å²) >= 11 is 0. The number of hydrogen-bond donors (Lipinski definition) is 1. The first-order valence-corrected chi connectivity index (χ1v) is 7.89. The fraction of sp³-hybridized carbons (Fsp3) is 0.647. The molecule has 0 amide bonds. The van der Waals surface area contributed by atoms with Crippen LogP contribution in [0.4, 0.5) is 4.39 Å². The normalized spacial score (nSPS) is 18.4. The third kappa shape index (κ3) is 3.39. The quantitative estimate of drug-likeness (QED) is 0.888. The van der Waals surface area contributed by atoms with Gasteiger partial charge in [0.2, 0.25) is 0 Å². The molecule has 1 aliphatic rings. The Morgan fingerprint density at radius 1 is 1.30 bits per heavy atom. The fourth-order valence-electron chi connectivity index (χ4n) is 3.48. The van der Waals surface area contributed by atoms with Crippen LogP contribution in [0.1, 0.15) is 56.2 Å². The summed E-state index contributed by atoms with van der Waals surface area (Å²) in [7, 11) is 0. The molecule has 20 heavy (non-hydrogen) atoms. The number of hydrogen-bond acceptors (Lipinski definition) is 2. The number of aryl methyl sites for hydroxylation is 1. The van der Waals surface area contributed by atoms with Crippen molar-refractivity contribution in [3.63, 3.8) is 0 Å². The topological polar surface area (TPSA) is 29.3 Å². The Kier molecular flexibility index (Phi) is 5.55. The first-order chi connectivity index (χ1) is 9.67. The summed E-state index contributed by atoms with van der Waals surface area (Å²) < 4.78 is 13.5. The smallest absolute Gasteiger partial charge is 0.126 e. The zero-order chi connectivity index (χ0) is 14.5. The van der Waals surface area contributed by atoms with Crippen LogP contribution in [0.15, 0.2) is 18.2 Å². The van der Waals surface area contributed by atoms with Crippen molar-refractivity contribution in [2.45, 2.75) is 58.0 Å². The van der Waals surface area contributed by atoms with E-state index in [9.17, 15) is 4.39 Å². The number of likely N-dealkylation sites (N-methyl/N-ethyl adjacent to an activating group) is 1. The maximum Gasteiger partial charge on any atom is 0.126 e. The molecule has 1 atom stereocenters. The fourth-order valence-corrected chi connectivity index (χ4v) is 3.48. The van der Waals surface area contributed by atoms with Gasteiger partial charge in [-0.15, -0.1) is 0 Å². The molecule has 0 aliphatic heterocycles. The predicted octanol–water partition coefficient (Wildman–Crippen LogP) is 3.79. The molecular weight excluding hydrogens is 251 g/mol. The van der Waals surface area contributed by atoms with Gasteiger partial charge in [-0.2, -0.15) is 0 Å². The zero-order valence-electron chi connectivity index (χ0n) is 12.7. The molecule has 1 aromatic carbocycles. The average Bonchev–Trinajstić information content (AvgIpc) is 2.48. The van der Waals surface area contributed by atoms with E-state index >= 15 is 0 Å². The van der Waals surface area contributed by atoms with Crippen molar-refractivity contribution < 1.29 is 4.39 Å². The van der Waals surface area contributed by atoms with Gasteiger partial charge < -0.3 is 5.73 Å². The molecule has 2 nitrogen and oxygen atoms in total. The van der Waals surface area contributed by atoms with Crippen LogP contribution >= 0.6 is 0 Å². The van der Waals surface area contributed by atoms with Crippen molar-refractivity contribution in [2.75, 3.05) is 13.1 Å². The van der Waals surface area contributed by atoms with Crippen molar-refractivity contribution in [2.24, 2.45) is 5.73 Å². The highest BCUT2D eigenvalue weighted by Crippen LogP contribution is 2.30. The summed E-state index contributed by atoms with van der Waals surface area (Å²) in [6.07, 6.45) is 6.54. The van der Waals surface area contributed by atoms with Crippen molar-refractivity contribution >= 4 is 0 Å². The lowest BCUT2D eigenvalue weighted by Crippen LogP contribution is -2.42. The molecule has 0 bridgehead atoms. The second-order valence-corrected chi connectivity index (χ2v) is 5.88. The lowest BCUT2D eigenvalue weighted by Gasteiger charge is -2.39. The second kappa shape index (κ2) is 7.19. The van der Waals surface area contributed by atoms with Crippen LogP contribution in [-0.2, 0) is 0 Å². The molecule has 1 fully saturated rings. The molecule has 0 saturated heterocycles. The van der Waals surface area contributed by atoms with Gasteiger partial charge in [-0.05, 0) is 43.5 Å². The lowest BCUT2D eigenvalue weighted by atomic mass is 9.91. The Hall–Kier alpha value is -0.930. The second-order valence-electron chi connectivity index (χ2n) is 5.88. The summed E-state index contributed by atoms with van der Waals surface area (Å²) in [5.74, 6) is -0.134. The molecule has 1 unspecified atom stereocenters. The molecule has 1 aromatic rings. The standard InChI is InChI=1S/C17H27FN2/c1-3-20(15-7-5-4-6-8-15)17(12-19)14-9-10-16(18)13(2)11-14/h9-11,15,17H,3-8,12,19H2,1-2H3. The van der Waals surface area contributed by atoms with Crippen LogP contribution in [0.25, 0.3) is 0 Å². The lowest BCUT2D eigenvalue weighted by molar-refractivity contribution is 0.113. The van der Waals surface area contributed by atoms with Gasteiger partial charge >= 0.3 is 0 Å². The first kappa shape index (κ1) is 15.5. The van der Waals surface area contributed by atoms with Crippen LogP contribution in [0.2, 0.25) is 0 Å². The van der Waals surface area contributed by atoms with Crippen molar-refractivity contribution in [3.05, 3.63) is 35.1 Å². The highest BCUT2D eigenvalue weighted by Gasteiger charge is 2.26. The van der Waals surface area contributed by atoms with Crippen molar-refractivity contribution in [1.82, 2.24) is 4.90 Å². The SMILES string of the molecule is CCN(C1CCCCC1)C(CN)c1ccc(F)c(C)c1. The molecule has 3 heteroatoms. The van der Waals surface area contributed by atoms with E-state index < -0.39 is 0 Å². The first-order valence-electron chi connectivity index (χ1n) is 7.89. The van der Waals surface area contributed by atoms with E-state index in [4.69, 9.17) is 5.73 Å². The number of nitrogens with two attached hydrogens (primary N) is 1. The molecule has 0 heterocycles. The molecule has 0 radical (unpaired) electrons. The van der Waals surface area contributed by atoms with Crippen LogP contribution in [0.3, 0.4) is 0 Å².